The van der Waals surface area contributed by atoms with E-state index in [1.165, 1.54) is 4.90 Å². The maximum Gasteiger partial charge on any atom is 0.263 e. The summed E-state index contributed by atoms with van der Waals surface area (Å²) in [5.74, 6) is 1.80. The SMILES string of the molecule is CC[C@@H](Oc1ccccc1OC)C(=O)N(C)Cc1nc(-c2ccccc2)no1. The van der Waals surface area contributed by atoms with Crippen LogP contribution in [-0.2, 0) is 11.3 Å². The molecule has 0 unspecified atom stereocenters. The zero-order chi connectivity index (χ0) is 19.9. The summed E-state index contributed by atoms with van der Waals surface area (Å²) in [5.41, 5.74) is 0.859. The number of likely N-dealkylation sites (N-methyl/N-ethyl adjacent to an activating group) is 1. The van der Waals surface area contributed by atoms with Crippen molar-refractivity contribution in [2.45, 2.75) is 26.0 Å². The van der Waals surface area contributed by atoms with Crippen LogP contribution in [0.3, 0.4) is 0 Å². The van der Waals surface area contributed by atoms with E-state index in [0.29, 0.717) is 29.6 Å². The molecule has 0 bridgehead atoms. The standard InChI is InChI=1S/C21H23N3O4/c1-4-16(27-18-13-9-8-12-17(18)26-3)21(25)24(2)14-19-22-20(23-28-19)15-10-6-5-7-11-15/h5-13,16H,4,14H2,1-3H3/t16-/m1/s1. The van der Waals surface area contributed by atoms with Gasteiger partial charge in [0.1, 0.15) is 0 Å². The second-order valence-electron chi connectivity index (χ2n) is 6.24. The van der Waals surface area contributed by atoms with Crippen molar-refractivity contribution in [3.63, 3.8) is 0 Å². The number of carbonyl (C=O) groups excluding carboxylic acids is 1. The van der Waals surface area contributed by atoms with Crippen LogP contribution in [0.25, 0.3) is 11.4 Å². The van der Waals surface area contributed by atoms with Gasteiger partial charge < -0.3 is 18.9 Å². The van der Waals surface area contributed by atoms with E-state index in [1.807, 2.05) is 49.4 Å². The Morgan fingerprint density at radius 3 is 2.46 bits per heavy atom. The Labute approximate surface area is 163 Å². The highest BCUT2D eigenvalue weighted by molar-refractivity contribution is 5.81. The molecular weight excluding hydrogens is 358 g/mol. The average Bonchev–Trinajstić information content (AvgIpc) is 3.20. The van der Waals surface area contributed by atoms with Crippen LogP contribution in [0.15, 0.2) is 59.1 Å². The van der Waals surface area contributed by atoms with Gasteiger partial charge in [-0.3, -0.25) is 4.79 Å². The van der Waals surface area contributed by atoms with Crippen LogP contribution in [0.2, 0.25) is 0 Å². The van der Waals surface area contributed by atoms with E-state index in [4.69, 9.17) is 14.0 Å². The first-order valence-electron chi connectivity index (χ1n) is 9.05. The maximum absolute atomic E-state index is 12.8. The fourth-order valence-corrected chi connectivity index (χ4v) is 2.73. The lowest BCUT2D eigenvalue weighted by molar-refractivity contribution is -0.138. The van der Waals surface area contributed by atoms with E-state index in [1.54, 1.807) is 26.3 Å². The normalized spacial score (nSPS) is 11.7. The molecule has 28 heavy (non-hydrogen) atoms. The monoisotopic (exact) mass is 381 g/mol. The minimum absolute atomic E-state index is 0.173. The number of methoxy groups -OCH3 is 1. The molecule has 0 aliphatic carbocycles. The lowest BCUT2D eigenvalue weighted by atomic mass is 10.2. The average molecular weight is 381 g/mol. The first-order chi connectivity index (χ1) is 13.6. The van der Waals surface area contributed by atoms with Crippen LogP contribution in [0.5, 0.6) is 11.5 Å². The molecule has 2 aromatic carbocycles. The summed E-state index contributed by atoms with van der Waals surface area (Å²) in [6.07, 6.45) is -0.127. The number of ether oxygens (including phenoxy) is 2. The lowest BCUT2D eigenvalue weighted by Crippen LogP contribution is -2.39. The zero-order valence-corrected chi connectivity index (χ0v) is 16.2. The van der Waals surface area contributed by atoms with Gasteiger partial charge in [-0.05, 0) is 18.6 Å². The molecule has 1 aromatic heterocycles. The highest BCUT2D eigenvalue weighted by Gasteiger charge is 2.25. The van der Waals surface area contributed by atoms with E-state index in [9.17, 15) is 4.79 Å². The second-order valence-corrected chi connectivity index (χ2v) is 6.24. The maximum atomic E-state index is 12.8. The number of benzene rings is 2. The molecule has 1 amide bonds. The predicted molar refractivity (Wildman–Crippen MR) is 104 cm³/mol. The summed E-state index contributed by atoms with van der Waals surface area (Å²) in [5, 5.41) is 3.98. The summed E-state index contributed by atoms with van der Waals surface area (Å²) in [6.45, 7) is 2.09. The Balaban J connectivity index is 1.67. The van der Waals surface area contributed by atoms with Crippen LogP contribution < -0.4 is 9.47 Å². The van der Waals surface area contributed by atoms with Gasteiger partial charge in [0.05, 0.1) is 13.7 Å². The van der Waals surface area contributed by atoms with Crippen LogP contribution in [0.1, 0.15) is 19.2 Å². The summed E-state index contributed by atoms with van der Waals surface area (Å²) >= 11 is 0. The molecule has 146 valence electrons. The van der Waals surface area contributed by atoms with Gasteiger partial charge in [-0.25, -0.2) is 0 Å². The largest absolute Gasteiger partial charge is 0.493 e. The Hall–Kier alpha value is -3.35. The molecule has 0 fully saturated rings. The molecular formula is C21H23N3O4. The number of nitrogens with zero attached hydrogens (tertiary/aromatic N) is 3. The third kappa shape index (κ3) is 4.49. The first-order valence-corrected chi connectivity index (χ1v) is 9.05. The molecule has 0 N–H and O–H groups in total. The molecule has 1 heterocycles. The molecule has 0 spiro atoms. The quantitative estimate of drug-likeness (QED) is 0.594. The summed E-state index contributed by atoms with van der Waals surface area (Å²) in [7, 11) is 3.25. The highest BCUT2D eigenvalue weighted by Crippen LogP contribution is 2.27. The van der Waals surface area contributed by atoms with Gasteiger partial charge >= 0.3 is 0 Å². The van der Waals surface area contributed by atoms with Gasteiger partial charge in [0, 0.05) is 12.6 Å². The molecule has 0 saturated carbocycles. The third-order valence-electron chi connectivity index (χ3n) is 4.23. The first kappa shape index (κ1) is 19.4. The molecule has 0 aliphatic heterocycles. The number of para-hydroxylation sites is 2. The zero-order valence-electron chi connectivity index (χ0n) is 16.2. The van der Waals surface area contributed by atoms with Crippen LogP contribution in [0, 0.1) is 0 Å². The number of hydrogen-bond acceptors (Lipinski definition) is 6. The van der Waals surface area contributed by atoms with Crippen LogP contribution in [0.4, 0.5) is 0 Å². The number of carbonyl (C=O) groups is 1. The molecule has 1 atom stereocenters. The van der Waals surface area contributed by atoms with Crippen molar-refractivity contribution in [3.8, 4) is 22.9 Å². The number of rotatable bonds is 8. The molecule has 0 radical (unpaired) electrons. The fraction of sp³-hybridized carbons (Fsp3) is 0.286. The second kappa shape index (κ2) is 9.03. The Kier molecular flexibility index (Phi) is 6.26. The predicted octanol–water partition coefficient (Wildman–Crippen LogP) is 3.56. The van der Waals surface area contributed by atoms with Crippen molar-refractivity contribution in [2.24, 2.45) is 0 Å². The Morgan fingerprint density at radius 1 is 1.11 bits per heavy atom. The fourth-order valence-electron chi connectivity index (χ4n) is 2.73. The van der Waals surface area contributed by atoms with Gasteiger partial charge in [0.25, 0.3) is 5.91 Å². The van der Waals surface area contributed by atoms with Gasteiger partial charge in [-0.15, -0.1) is 0 Å². The van der Waals surface area contributed by atoms with Crippen LogP contribution >= 0.6 is 0 Å². The van der Waals surface area contributed by atoms with E-state index < -0.39 is 6.10 Å². The Bertz CT molecular complexity index is 911. The van der Waals surface area contributed by atoms with E-state index >= 15 is 0 Å². The number of amides is 1. The van der Waals surface area contributed by atoms with Crippen molar-refractivity contribution in [1.82, 2.24) is 15.0 Å². The topological polar surface area (TPSA) is 77.7 Å². The van der Waals surface area contributed by atoms with E-state index in [-0.39, 0.29) is 12.5 Å². The summed E-state index contributed by atoms with van der Waals surface area (Å²) < 4.78 is 16.5. The minimum atomic E-state index is -0.641. The van der Waals surface area contributed by atoms with Crippen molar-refractivity contribution >= 4 is 5.91 Å². The number of aromatic nitrogens is 2. The third-order valence-corrected chi connectivity index (χ3v) is 4.23. The van der Waals surface area contributed by atoms with Crippen molar-refractivity contribution in [1.29, 1.82) is 0 Å². The Morgan fingerprint density at radius 2 is 1.79 bits per heavy atom. The van der Waals surface area contributed by atoms with Gasteiger partial charge in [0.2, 0.25) is 11.7 Å². The molecule has 7 nitrogen and oxygen atoms in total. The van der Waals surface area contributed by atoms with Gasteiger partial charge in [-0.2, -0.15) is 4.98 Å². The molecule has 3 rings (SSSR count). The molecule has 3 aromatic rings. The molecule has 0 saturated heterocycles. The molecule has 0 aliphatic rings. The lowest BCUT2D eigenvalue weighted by Gasteiger charge is -2.23. The van der Waals surface area contributed by atoms with Crippen molar-refractivity contribution in [3.05, 3.63) is 60.5 Å². The smallest absolute Gasteiger partial charge is 0.263 e. The van der Waals surface area contributed by atoms with Gasteiger partial charge in [-0.1, -0.05) is 54.5 Å². The summed E-state index contributed by atoms with van der Waals surface area (Å²) in [4.78, 5) is 18.7. The van der Waals surface area contributed by atoms with Crippen LogP contribution in [-0.4, -0.2) is 41.2 Å². The van der Waals surface area contributed by atoms with E-state index in [2.05, 4.69) is 10.1 Å². The van der Waals surface area contributed by atoms with Gasteiger partial charge in [0.15, 0.2) is 17.6 Å². The van der Waals surface area contributed by atoms with Crippen molar-refractivity contribution < 1.29 is 18.8 Å². The number of hydrogen-bond donors (Lipinski definition) is 0. The highest BCUT2D eigenvalue weighted by atomic mass is 16.5. The summed E-state index contributed by atoms with van der Waals surface area (Å²) in [6, 6.07) is 16.8. The van der Waals surface area contributed by atoms with E-state index in [0.717, 1.165) is 5.56 Å². The molecule has 7 heteroatoms. The minimum Gasteiger partial charge on any atom is -0.493 e. The van der Waals surface area contributed by atoms with Crippen molar-refractivity contribution in [2.75, 3.05) is 14.2 Å².